The number of hydrogen-bond acceptors (Lipinski definition) is 13. The van der Waals surface area contributed by atoms with Crippen LogP contribution in [-0.2, 0) is 11.5 Å². The van der Waals surface area contributed by atoms with E-state index < -0.39 is 15.2 Å². The number of H-pyrrole nitrogens is 1. The van der Waals surface area contributed by atoms with Crippen LogP contribution < -0.4 is 16.9 Å². The van der Waals surface area contributed by atoms with Crippen LogP contribution in [0.2, 0.25) is 56.6 Å². The van der Waals surface area contributed by atoms with Crippen molar-refractivity contribution < 1.29 is 14.8 Å². The highest BCUT2D eigenvalue weighted by molar-refractivity contribution is 14.1. The van der Waals surface area contributed by atoms with E-state index in [1.165, 1.54) is 12.1 Å². The molecule has 24 heteroatoms. The van der Waals surface area contributed by atoms with E-state index >= 15 is 0 Å². The third-order valence-corrected chi connectivity index (χ3v) is 13.8. The van der Waals surface area contributed by atoms with E-state index in [2.05, 4.69) is 91.7 Å². The molecule has 0 spiro atoms. The highest BCUT2D eigenvalue weighted by Crippen LogP contribution is 2.31. The molecule has 0 aliphatic carbocycles. The first-order valence-electron chi connectivity index (χ1n) is 20.8. The summed E-state index contributed by atoms with van der Waals surface area (Å²) < 4.78 is 8.98. The van der Waals surface area contributed by atoms with E-state index in [0.29, 0.717) is 33.0 Å². The quantitative estimate of drug-likeness (QED) is 0.0434. The predicted molar refractivity (Wildman–Crippen MR) is 298 cm³/mol. The number of rotatable bonds is 7. The van der Waals surface area contributed by atoms with Gasteiger partial charge in [-0.15, -0.1) is 0 Å². The number of ether oxygens (including phenoxy) is 1. The van der Waals surface area contributed by atoms with Gasteiger partial charge in [-0.25, -0.2) is 19.9 Å². The van der Waals surface area contributed by atoms with Crippen LogP contribution in [0.4, 0.5) is 11.4 Å². The number of nitrogens with one attached hydrogen (secondary N) is 1. The van der Waals surface area contributed by atoms with Gasteiger partial charge in [-0.05, 0) is 95.4 Å². The molecule has 0 fully saturated rings. The Bertz CT molecular complexity index is 3350. The Morgan fingerprint density at radius 1 is 0.614 bits per heavy atom. The van der Waals surface area contributed by atoms with Gasteiger partial charge in [0.1, 0.15) is 48.9 Å². The number of fused-ring (bicyclic) bond motifs is 6. The van der Waals surface area contributed by atoms with Crippen LogP contribution in [0.3, 0.4) is 0 Å². The molecule has 10 rings (SSSR count). The molecule has 360 valence electrons. The van der Waals surface area contributed by atoms with Crippen molar-refractivity contribution in [3.05, 3.63) is 157 Å². The lowest BCUT2D eigenvalue weighted by molar-refractivity contribution is 0.0926. The van der Waals surface area contributed by atoms with Gasteiger partial charge in [-0.1, -0.05) is 95.3 Å². The van der Waals surface area contributed by atoms with E-state index in [0.717, 1.165) is 76.9 Å². The lowest BCUT2D eigenvalue weighted by atomic mass is 9.82. The monoisotopic (exact) mass is 1190 g/mol. The zero-order valence-corrected chi connectivity index (χ0v) is 45.1. The first-order chi connectivity index (χ1) is 33.4. The normalized spacial score (nSPS) is 10.9. The Morgan fingerprint density at radius 2 is 1.19 bits per heavy atom. The molecule has 0 aromatic carbocycles. The molecule has 0 atom stereocenters. The van der Waals surface area contributed by atoms with Gasteiger partial charge >= 0.3 is 7.12 Å². The molecule has 7 N–H and O–H groups in total. The average molecular weight is 1190 g/mol. The highest BCUT2D eigenvalue weighted by atomic mass is 127. The second kappa shape index (κ2) is 25.4. The van der Waals surface area contributed by atoms with Crippen LogP contribution >= 0.6 is 92.2 Å². The van der Waals surface area contributed by atoms with Crippen molar-refractivity contribution in [2.45, 2.75) is 32.4 Å². The molecule has 0 aliphatic heterocycles. The van der Waals surface area contributed by atoms with Gasteiger partial charge < -0.3 is 35.8 Å². The highest BCUT2D eigenvalue weighted by Gasteiger charge is 2.17. The Balaban J connectivity index is 0.000000149. The van der Waals surface area contributed by atoms with Crippen molar-refractivity contribution in [3.63, 3.8) is 0 Å². The molecule has 10 heterocycles. The van der Waals surface area contributed by atoms with E-state index in [9.17, 15) is 0 Å². The first-order valence-corrected chi connectivity index (χ1v) is 27.8. The largest absolute Gasteiger partial charge is 0.491 e. The summed E-state index contributed by atoms with van der Waals surface area (Å²) in [5, 5.41) is 23.5. The van der Waals surface area contributed by atoms with Crippen LogP contribution in [-0.4, -0.2) is 81.3 Å². The van der Waals surface area contributed by atoms with Crippen LogP contribution in [0.25, 0.3) is 55.0 Å². The van der Waals surface area contributed by atoms with Crippen molar-refractivity contribution in [3.8, 4) is 11.1 Å². The summed E-state index contributed by atoms with van der Waals surface area (Å²) in [5.74, 6) is 0. The second-order valence-corrected chi connectivity index (χ2v) is 25.0. The summed E-state index contributed by atoms with van der Waals surface area (Å²) in [4.78, 5) is 35.5. The Morgan fingerprint density at radius 3 is 1.81 bits per heavy atom. The minimum absolute atomic E-state index is 0.00694. The lowest BCUT2D eigenvalue weighted by Gasteiger charge is -2.16. The van der Waals surface area contributed by atoms with Crippen molar-refractivity contribution in [1.29, 1.82) is 0 Å². The van der Waals surface area contributed by atoms with E-state index in [-0.39, 0.29) is 15.8 Å². The number of nitrogens with zero attached hydrogens (tertiary/aromatic N) is 9. The number of aromatic amines is 1. The van der Waals surface area contributed by atoms with Crippen molar-refractivity contribution in [2.75, 3.05) is 18.1 Å². The third-order valence-electron chi connectivity index (χ3n) is 9.80. The van der Waals surface area contributed by atoms with Gasteiger partial charge in [-0.2, -0.15) is 0 Å². The molecular formula is C46H42BCl6IN12O3Si. The van der Waals surface area contributed by atoms with Gasteiger partial charge in [0.25, 0.3) is 0 Å². The Kier molecular flexibility index (Phi) is 19.7. The Labute approximate surface area is 447 Å². The molecular weight excluding hydrogens is 1150 g/mol. The molecule has 0 bridgehead atoms. The number of halogens is 7. The number of nitrogen functional groups attached to an aromatic ring is 2. The van der Waals surface area contributed by atoms with Crippen LogP contribution in [0, 0.1) is 3.57 Å². The standard InChI is InChI=1S/C16H20ClN3OSi.C10H7Cl2N3.C10H6ClN3.C5H4BCl2NO2.C5H5IN2/c1-22(2,3)9-8-21-11-20-14-6-7-18-10-13(14)12-4-5-15(17)19-16(12)20;11-9-2-1-6(10(12)15-9)7-5-14-4-3-8(7)13;11-9-2-1-6-7-5-12-4-3-8(7)13-10(6)14-9;7-4-2-1-3(6(10)11)5(8)9-4;6-4-3-8-2-1-5(4)7/h4-7,10H,8-9,11H2,1-3H3;1-5H,(H2,13,14);1-5H,(H,13,14);1-2,10-11H;1-3H,(H2,7,8). The summed E-state index contributed by atoms with van der Waals surface area (Å²) in [6.07, 6.45) is 13.9. The zero-order valence-electron chi connectivity index (χ0n) is 37.4. The van der Waals surface area contributed by atoms with Crippen LogP contribution in [0.1, 0.15) is 0 Å². The fourth-order valence-corrected chi connectivity index (χ4v) is 8.57. The fourth-order valence-electron chi connectivity index (χ4n) is 6.29. The summed E-state index contributed by atoms with van der Waals surface area (Å²) >= 11 is 36.6. The molecule has 0 radical (unpaired) electrons. The van der Waals surface area contributed by atoms with Gasteiger partial charge in [-0.3, -0.25) is 19.9 Å². The third kappa shape index (κ3) is 15.0. The first kappa shape index (κ1) is 54.4. The molecule has 0 unspecified atom stereocenters. The second-order valence-electron chi connectivity index (χ2n) is 16.0. The van der Waals surface area contributed by atoms with E-state index in [4.69, 9.17) is 95.9 Å². The molecule has 10 aromatic rings. The number of anilines is 2. The topological polar surface area (TPSA) is 226 Å². The Hall–Kier alpha value is -4.97. The van der Waals surface area contributed by atoms with Gasteiger partial charge in [0, 0.05) is 114 Å². The predicted octanol–water partition coefficient (Wildman–Crippen LogP) is 11.7. The number of nitrogens with two attached hydrogens (primary N) is 2. The molecule has 15 nitrogen and oxygen atoms in total. The maximum absolute atomic E-state index is 8.68. The summed E-state index contributed by atoms with van der Waals surface area (Å²) in [6, 6.07) is 22.4. The smallest absolute Gasteiger partial charge is 0.423 e. The molecule has 10 aromatic heterocycles. The summed E-state index contributed by atoms with van der Waals surface area (Å²) in [6.45, 7) is 8.32. The number of pyridine rings is 8. The van der Waals surface area contributed by atoms with Crippen LogP contribution in [0.15, 0.2) is 122 Å². The average Bonchev–Trinajstić information content (AvgIpc) is 3.84. The molecule has 0 amide bonds. The molecule has 0 aliphatic rings. The summed E-state index contributed by atoms with van der Waals surface area (Å²) in [5.41, 5.74) is 18.1. The minimum atomic E-state index is -1.60. The van der Waals surface area contributed by atoms with Crippen molar-refractivity contribution in [1.82, 2.24) is 49.4 Å². The number of hydrogen-bond donors (Lipinski definition) is 5. The van der Waals surface area contributed by atoms with Crippen molar-refractivity contribution in [2.24, 2.45) is 0 Å². The minimum Gasteiger partial charge on any atom is -0.423 e. The SMILES string of the molecule is C[Si](C)(C)CCOCn1c2ccncc2c2ccc(Cl)nc21.Clc1ccc2c(n1)[nH]c1ccncc12.Nc1ccncc1-c1ccc(Cl)nc1Cl.Nc1ccncc1I.OB(O)c1ccc(Cl)nc1Cl. The van der Waals surface area contributed by atoms with Gasteiger partial charge in [0.05, 0.1) is 14.6 Å². The van der Waals surface area contributed by atoms with Crippen molar-refractivity contribution >= 4 is 168 Å². The molecule has 70 heavy (non-hydrogen) atoms. The lowest BCUT2D eigenvalue weighted by Crippen LogP contribution is -2.31. The molecule has 0 saturated heterocycles. The summed E-state index contributed by atoms with van der Waals surface area (Å²) in [7, 11) is -2.68. The van der Waals surface area contributed by atoms with E-state index in [1.807, 2.05) is 42.7 Å². The fraction of sp³-hybridized carbons (Fsp3) is 0.130. The zero-order chi connectivity index (χ0) is 50.5. The van der Waals surface area contributed by atoms with Gasteiger partial charge in [0.15, 0.2) is 0 Å². The van der Waals surface area contributed by atoms with Crippen LogP contribution in [0.5, 0.6) is 0 Å². The molecule has 0 saturated carbocycles. The van der Waals surface area contributed by atoms with Gasteiger partial charge in [0.2, 0.25) is 0 Å². The van der Waals surface area contributed by atoms with E-state index in [1.54, 1.807) is 67.5 Å². The maximum Gasteiger partial charge on any atom is 0.491 e. The number of aromatic nitrogens is 10. The maximum atomic E-state index is 8.68.